The van der Waals surface area contributed by atoms with Gasteiger partial charge in [-0.05, 0) is 100 Å². The van der Waals surface area contributed by atoms with Crippen LogP contribution < -0.4 is 25.9 Å². The standard InChI is InChI=1S/C39H31BO2/c1-6-24(3)29(7-2)27-16-19-33-36(22-27)41-35-21-18-32(31-15-11-9-13-26(31)5)39-38(35)40(33)34-20-17-28(23-37(34)42-39)30-14-10-8-12-25(30)4/h6-23H,1-2H2,3-5H3/b29-24+. The molecule has 0 aromatic heterocycles. The number of benzene rings is 5. The summed E-state index contributed by atoms with van der Waals surface area (Å²) in [5.41, 5.74) is 13.6. The van der Waals surface area contributed by atoms with Crippen LogP contribution in [0, 0.1) is 13.8 Å². The van der Waals surface area contributed by atoms with Crippen molar-refractivity contribution in [1.82, 2.24) is 0 Å². The molecule has 0 unspecified atom stereocenters. The fourth-order valence-electron chi connectivity index (χ4n) is 6.42. The molecule has 0 bridgehead atoms. The van der Waals surface area contributed by atoms with Crippen LogP contribution in [0.25, 0.3) is 27.8 Å². The number of fused-ring (bicyclic) bond motifs is 4. The van der Waals surface area contributed by atoms with Crippen molar-refractivity contribution in [3.63, 3.8) is 0 Å². The summed E-state index contributed by atoms with van der Waals surface area (Å²) in [6.07, 6.45) is 3.76. The van der Waals surface area contributed by atoms with Crippen LogP contribution in [0.2, 0.25) is 0 Å². The first-order chi connectivity index (χ1) is 20.5. The molecule has 0 saturated heterocycles. The number of allylic oxidation sites excluding steroid dienone is 4. The van der Waals surface area contributed by atoms with Gasteiger partial charge < -0.3 is 9.47 Å². The van der Waals surface area contributed by atoms with Crippen molar-refractivity contribution in [3.05, 3.63) is 145 Å². The molecule has 0 atom stereocenters. The van der Waals surface area contributed by atoms with E-state index in [0.29, 0.717) is 0 Å². The topological polar surface area (TPSA) is 18.5 Å². The molecule has 2 nitrogen and oxygen atoms in total. The summed E-state index contributed by atoms with van der Waals surface area (Å²) < 4.78 is 13.6. The van der Waals surface area contributed by atoms with Gasteiger partial charge in [-0.15, -0.1) is 0 Å². The molecule has 5 aromatic carbocycles. The second-order valence-electron chi connectivity index (χ2n) is 11.1. The Labute approximate surface area is 248 Å². The Hall–Kier alpha value is -5.02. The van der Waals surface area contributed by atoms with Crippen LogP contribution in [-0.4, -0.2) is 6.71 Å². The summed E-state index contributed by atoms with van der Waals surface area (Å²) in [5.74, 6) is 3.43. The van der Waals surface area contributed by atoms with Crippen molar-refractivity contribution in [2.45, 2.75) is 20.8 Å². The summed E-state index contributed by atoms with van der Waals surface area (Å²) in [6, 6.07) is 34.4. The predicted molar refractivity (Wildman–Crippen MR) is 177 cm³/mol. The number of hydrogen-bond donors (Lipinski definition) is 0. The molecule has 0 spiro atoms. The lowest BCUT2D eigenvalue weighted by Crippen LogP contribution is -2.57. The summed E-state index contributed by atoms with van der Waals surface area (Å²) in [4.78, 5) is 0. The minimum absolute atomic E-state index is 0.0249. The van der Waals surface area contributed by atoms with Gasteiger partial charge in [0, 0.05) is 11.0 Å². The number of rotatable bonds is 5. The van der Waals surface area contributed by atoms with E-state index in [4.69, 9.17) is 9.47 Å². The first-order valence-corrected chi connectivity index (χ1v) is 14.4. The Kier molecular flexibility index (Phi) is 6.24. The minimum Gasteiger partial charge on any atom is -0.458 e. The van der Waals surface area contributed by atoms with Gasteiger partial charge in [0.1, 0.15) is 23.0 Å². The first kappa shape index (κ1) is 25.9. The van der Waals surface area contributed by atoms with E-state index >= 15 is 0 Å². The van der Waals surface area contributed by atoms with Crippen molar-refractivity contribution in [2.75, 3.05) is 0 Å². The van der Waals surface area contributed by atoms with Crippen molar-refractivity contribution in [1.29, 1.82) is 0 Å². The van der Waals surface area contributed by atoms with Crippen molar-refractivity contribution >= 4 is 28.7 Å². The maximum atomic E-state index is 6.90. The van der Waals surface area contributed by atoms with E-state index in [-0.39, 0.29) is 6.71 Å². The average molecular weight is 542 g/mol. The molecular weight excluding hydrogens is 511 g/mol. The normalized spacial score (nSPS) is 13.1. The molecule has 0 radical (unpaired) electrons. The van der Waals surface area contributed by atoms with Crippen LogP contribution in [0.15, 0.2) is 128 Å². The third kappa shape index (κ3) is 4.04. The van der Waals surface area contributed by atoms with Gasteiger partial charge >= 0.3 is 0 Å². The molecule has 0 fully saturated rings. The molecule has 2 heterocycles. The van der Waals surface area contributed by atoms with Crippen molar-refractivity contribution in [2.24, 2.45) is 0 Å². The molecule has 0 aliphatic carbocycles. The Balaban J connectivity index is 1.47. The van der Waals surface area contributed by atoms with Gasteiger partial charge in [0.05, 0.1) is 0 Å². The molecule has 2 aliphatic heterocycles. The zero-order chi connectivity index (χ0) is 29.0. The van der Waals surface area contributed by atoms with E-state index in [9.17, 15) is 0 Å². The third-order valence-electron chi connectivity index (χ3n) is 8.66. The van der Waals surface area contributed by atoms with Crippen molar-refractivity contribution in [3.8, 4) is 45.3 Å². The van der Waals surface area contributed by atoms with Gasteiger partial charge in [0.2, 0.25) is 0 Å². The zero-order valence-electron chi connectivity index (χ0n) is 24.2. The fraction of sp³-hybridized carbons (Fsp3) is 0.0769. The highest BCUT2D eigenvalue weighted by atomic mass is 16.5. The Morgan fingerprint density at radius 3 is 2.00 bits per heavy atom. The van der Waals surface area contributed by atoms with E-state index < -0.39 is 0 Å². The highest BCUT2D eigenvalue weighted by Crippen LogP contribution is 2.42. The molecule has 2 aliphatic rings. The molecule has 7 rings (SSSR count). The summed E-state index contributed by atoms with van der Waals surface area (Å²) in [5, 5.41) is 0. The Morgan fingerprint density at radius 1 is 0.643 bits per heavy atom. The highest BCUT2D eigenvalue weighted by molar-refractivity contribution is 6.98. The number of hydrogen-bond acceptors (Lipinski definition) is 2. The quantitative estimate of drug-likeness (QED) is 0.160. The van der Waals surface area contributed by atoms with Crippen molar-refractivity contribution < 1.29 is 9.47 Å². The first-order valence-electron chi connectivity index (χ1n) is 14.4. The van der Waals surface area contributed by atoms with Crippen LogP contribution in [0.1, 0.15) is 23.6 Å². The van der Waals surface area contributed by atoms with Gasteiger partial charge in [-0.1, -0.05) is 98.1 Å². The average Bonchev–Trinajstić information content (AvgIpc) is 3.01. The summed E-state index contributed by atoms with van der Waals surface area (Å²) in [7, 11) is 0. The van der Waals surface area contributed by atoms with Crippen LogP contribution in [-0.2, 0) is 0 Å². The van der Waals surface area contributed by atoms with E-state index in [1.807, 2.05) is 12.2 Å². The van der Waals surface area contributed by atoms with Gasteiger partial charge in [0.15, 0.2) is 0 Å². The van der Waals surface area contributed by atoms with Gasteiger partial charge in [-0.3, -0.25) is 0 Å². The molecule has 3 heteroatoms. The lowest BCUT2D eigenvalue weighted by atomic mass is 9.34. The van der Waals surface area contributed by atoms with Crippen LogP contribution in [0.3, 0.4) is 0 Å². The molecular formula is C39H31BO2. The SMILES string of the molecule is C=C/C(C)=C(\C=C)c1ccc2c(c1)Oc1ccc(-c3ccccc3C)c3c1B2c1ccc(-c2ccccc2C)cc1O3. The van der Waals surface area contributed by atoms with Gasteiger partial charge in [-0.2, -0.15) is 0 Å². The van der Waals surface area contributed by atoms with Crippen LogP contribution in [0.5, 0.6) is 23.0 Å². The second-order valence-corrected chi connectivity index (χ2v) is 11.1. The lowest BCUT2D eigenvalue weighted by molar-refractivity contribution is 0.465. The Bertz CT molecular complexity index is 1960. The van der Waals surface area contributed by atoms with Gasteiger partial charge in [-0.25, -0.2) is 0 Å². The zero-order valence-corrected chi connectivity index (χ0v) is 24.2. The number of ether oxygens (including phenoxy) is 2. The van der Waals surface area contributed by atoms with E-state index in [0.717, 1.165) is 72.8 Å². The summed E-state index contributed by atoms with van der Waals surface area (Å²) >= 11 is 0. The largest absolute Gasteiger partial charge is 0.458 e. The fourth-order valence-corrected chi connectivity index (χ4v) is 6.42. The molecule has 5 aromatic rings. The molecule has 42 heavy (non-hydrogen) atoms. The maximum Gasteiger partial charge on any atom is 0.260 e. The van der Waals surface area contributed by atoms with Crippen LogP contribution in [0.4, 0.5) is 0 Å². The van der Waals surface area contributed by atoms with Gasteiger partial charge in [0.25, 0.3) is 6.71 Å². The number of aryl methyl sites for hydroxylation is 2. The summed E-state index contributed by atoms with van der Waals surface area (Å²) in [6.45, 7) is 14.4. The lowest BCUT2D eigenvalue weighted by Gasteiger charge is -2.34. The van der Waals surface area contributed by atoms with Crippen LogP contribution >= 0.6 is 0 Å². The molecule has 202 valence electrons. The van der Waals surface area contributed by atoms with E-state index in [1.165, 1.54) is 16.7 Å². The molecule has 0 saturated carbocycles. The third-order valence-corrected chi connectivity index (χ3v) is 8.66. The highest BCUT2D eigenvalue weighted by Gasteiger charge is 2.41. The molecule has 0 amide bonds. The smallest absolute Gasteiger partial charge is 0.260 e. The predicted octanol–water partition coefficient (Wildman–Crippen LogP) is 8.51. The Morgan fingerprint density at radius 2 is 1.31 bits per heavy atom. The van der Waals surface area contributed by atoms with E-state index in [2.05, 4.69) is 131 Å². The monoisotopic (exact) mass is 542 g/mol. The maximum absolute atomic E-state index is 6.90. The second kappa shape index (κ2) is 10.1. The molecule has 0 N–H and O–H groups in total. The minimum atomic E-state index is -0.0249. The van der Waals surface area contributed by atoms with E-state index in [1.54, 1.807) is 0 Å².